The Morgan fingerprint density at radius 2 is 1.79 bits per heavy atom. The first-order chi connectivity index (χ1) is 13.4. The fraction of sp³-hybridized carbons (Fsp3) is 0.950. The minimum absolute atomic E-state index is 0.00961. The minimum Gasteiger partial charge on any atom is -0.414 e. The molecular weight excluding hydrogens is 394 g/mol. The van der Waals surface area contributed by atoms with Crippen LogP contribution in [0.5, 0.6) is 0 Å². The molecule has 8 nitrogen and oxygen atoms in total. The molecule has 9 heteroatoms. The molecule has 172 valence electrons. The highest BCUT2D eigenvalue weighted by molar-refractivity contribution is 6.74. The van der Waals surface area contributed by atoms with Gasteiger partial charge in [-0.2, -0.15) is 0 Å². The van der Waals surface area contributed by atoms with Gasteiger partial charge in [0.2, 0.25) is 5.91 Å². The molecule has 1 saturated heterocycles. The molecule has 5 atom stereocenters. The van der Waals surface area contributed by atoms with Crippen molar-refractivity contribution in [2.75, 3.05) is 26.4 Å². The fourth-order valence-electron chi connectivity index (χ4n) is 2.68. The Kier molecular flexibility index (Phi) is 10.7. The van der Waals surface area contributed by atoms with Crippen molar-refractivity contribution in [2.24, 2.45) is 0 Å². The molecule has 1 aliphatic heterocycles. The van der Waals surface area contributed by atoms with E-state index >= 15 is 0 Å². The molecule has 0 aromatic rings. The lowest BCUT2D eigenvalue weighted by atomic mass is 9.97. The van der Waals surface area contributed by atoms with E-state index in [0.717, 1.165) is 12.8 Å². The molecule has 0 saturated carbocycles. The maximum Gasteiger partial charge on any atom is 0.217 e. The average molecular weight is 436 g/mol. The van der Waals surface area contributed by atoms with E-state index in [1.807, 2.05) is 0 Å². The maximum atomic E-state index is 11.5. The van der Waals surface area contributed by atoms with Crippen molar-refractivity contribution in [1.82, 2.24) is 5.32 Å². The molecule has 0 aromatic carbocycles. The predicted molar refractivity (Wildman–Crippen MR) is 113 cm³/mol. The van der Waals surface area contributed by atoms with Crippen molar-refractivity contribution < 1.29 is 33.6 Å². The van der Waals surface area contributed by atoms with Crippen molar-refractivity contribution >= 4 is 14.2 Å². The van der Waals surface area contributed by atoms with Crippen LogP contribution in [-0.4, -0.2) is 81.5 Å². The number of aliphatic hydroxyl groups excluding tert-OH is 2. The number of nitrogens with one attached hydrogen (secondary N) is 1. The third-order valence-corrected chi connectivity index (χ3v) is 10.1. The molecule has 5 unspecified atom stereocenters. The van der Waals surface area contributed by atoms with Gasteiger partial charge in [0.15, 0.2) is 14.6 Å². The lowest BCUT2D eigenvalue weighted by Crippen LogP contribution is -2.65. The maximum absolute atomic E-state index is 11.5. The molecule has 0 aromatic heterocycles. The molecule has 3 N–H and O–H groups in total. The summed E-state index contributed by atoms with van der Waals surface area (Å²) >= 11 is 0. The number of aliphatic hydroxyl groups is 2. The fourth-order valence-corrected chi connectivity index (χ4v) is 3.69. The monoisotopic (exact) mass is 435 g/mol. The summed E-state index contributed by atoms with van der Waals surface area (Å²) in [4.78, 5) is 11.5. The topological polar surface area (TPSA) is 106 Å². The van der Waals surface area contributed by atoms with Gasteiger partial charge in [0.05, 0.1) is 19.8 Å². The van der Waals surface area contributed by atoms with Gasteiger partial charge in [0, 0.05) is 13.5 Å². The van der Waals surface area contributed by atoms with Crippen LogP contribution in [0.2, 0.25) is 18.1 Å². The lowest BCUT2D eigenvalue weighted by molar-refractivity contribution is -0.271. The number of carbonyl (C=O) groups excluding carboxylic acids is 1. The smallest absolute Gasteiger partial charge is 0.217 e. The molecule has 1 fully saturated rings. The van der Waals surface area contributed by atoms with Gasteiger partial charge < -0.3 is 34.2 Å². The van der Waals surface area contributed by atoms with Gasteiger partial charge in [-0.05, 0) is 24.6 Å². The standard InChI is InChI=1S/C20H41NO7Si/c1-8-9-10-25-11-12-26-19-16(21-14(2)22)18(24)17(23)15(28-19)13-27-29(6,7)20(3,4)5/h15-19,23-24H,8-13H2,1-7H3,(H,21,22). The second-order valence-corrected chi connectivity index (χ2v) is 14.0. The summed E-state index contributed by atoms with van der Waals surface area (Å²) in [5, 5.41) is 23.8. The molecule has 0 spiro atoms. The third kappa shape index (κ3) is 8.24. The highest BCUT2D eigenvalue weighted by Crippen LogP contribution is 2.37. The molecule has 1 amide bonds. The van der Waals surface area contributed by atoms with Crippen LogP contribution in [0.4, 0.5) is 0 Å². The van der Waals surface area contributed by atoms with Crippen LogP contribution in [-0.2, 0) is 23.4 Å². The largest absolute Gasteiger partial charge is 0.414 e. The summed E-state index contributed by atoms with van der Waals surface area (Å²) in [5.74, 6) is -0.339. The van der Waals surface area contributed by atoms with E-state index in [1.54, 1.807) is 0 Å². The van der Waals surface area contributed by atoms with Crippen LogP contribution in [0, 0.1) is 0 Å². The zero-order valence-corrected chi connectivity index (χ0v) is 20.1. The Morgan fingerprint density at radius 3 is 2.34 bits per heavy atom. The Morgan fingerprint density at radius 1 is 1.14 bits per heavy atom. The van der Waals surface area contributed by atoms with E-state index in [4.69, 9.17) is 18.6 Å². The van der Waals surface area contributed by atoms with Gasteiger partial charge in [-0.3, -0.25) is 4.79 Å². The first-order valence-electron chi connectivity index (χ1n) is 10.5. The van der Waals surface area contributed by atoms with Crippen LogP contribution < -0.4 is 5.32 Å². The highest BCUT2D eigenvalue weighted by Gasteiger charge is 2.47. The number of amides is 1. The summed E-state index contributed by atoms with van der Waals surface area (Å²) in [6.07, 6.45) is -2.05. The van der Waals surface area contributed by atoms with E-state index in [2.05, 4.69) is 46.1 Å². The first kappa shape index (κ1) is 26.5. The summed E-state index contributed by atoms with van der Waals surface area (Å²) < 4.78 is 23.3. The lowest BCUT2D eigenvalue weighted by Gasteiger charge is -2.44. The average Bonchev–Trinajstić information content (AvgIpc) is 2.61. The van der Waals surface area contributed by atoms with Crippen molar-refractivity contribution in [3.8, 4) is 0 Å². The second kappa shape index (κ2) is 11.7. The molecule has 0 radical (unpaired) electrons. The SMILES string of the molecule is CCCCOCCOC1OC(CO[Si](C)(C)C(C)(C)C)C(O)C(O)C1NC(C)=O. The first-order valence-corrected chi connectivity index (χ1v) is 13.4. The number of rotatable bonds is 11. The number of carbonyl (C=O) groups is 1. The Labute approximate surface area is 176 Å². The van der Waals surface area contributed by atoms with Gasteiger partial charge in [0.1, 0.15) is 24.4 Å². The Hall–Kier alpha value is -0.553. The van der Waals surface area contributed by atoms with Gasteiger partial charge >= 0.3 is 0 Å². The summed E-state index contributed by atoms with van der Waals surface area (Å²) in [5.41, 5.74) is 0. The molecule has 0 bridgehead atoms. The van der Waals surface area contributed by atoms with Gasteiger partial charge in [-0.25, -0.2) is 0 Å². The molecule has 1 aliphatic rings. The number of hydrogen-bond donors (Lipinski definition) is 3. The van der Waals surface area contributed by atoms with Crippen LogP contribution in [0.3, 0.4) is 0 Å². The molecular formula is C20H41NO7Si. The Balaban J connectivity index is 2.74. The highest BCUT2D eigenvalue weighted by atomic mass is 28.4. The van der Waals surface area contributed by atoms with E-state index < -0.39 is 39.0 Å². The second-order valence-electron chi connectivity index (χ2n) is 9.16. The van der Waals surface area contributed by atoms with Crippen LogP contribution in [0.1, 0.15) is 47.5 Å². The number of ether oxygens (including phenoxy) is 3. The van der Waals surface area contributed by atoms with Crippen molar-refractivity contribution in [1.29, 1.82) is 0 Å². The number of hydrogen-bond acceptors (Lipinski definition) is 7. The third-order valence-electron chi connectivity index (χ3n) is 5.64. The van der Waals surface area contributed by atoms with E-state index in [-0.39, 0.29) is 24.2 Å². The van der Waals surface area contributed by atoms with Crippen LogP contribution >= 0.6 is 0 Å². The van der Waals surface area contributed by atoms with Crippen molar-refractivity contribution in [2.45, 2.75) is 96.2 Å². The summed E-state index contributed by atoms with van der Waals surface area (Å²) in [6.45, 7) is 15.5. The number of unbranched alkanes of at least 4 members (excludes halogenated alkanes) is 1. The van der Waals surface area contributed by atoms with E-state index in [9.17, 15) is 15.0 Å². The molecule has 0 aliphatic carbocycles. The van der Waals surface area contributed by atoms with Gasteiger partial charge in [-0.15, -0.1) is 0 Å². The summed E-state index contributed by atoms with van der Waals surface area (Å²) in [6, 6.07) is -0.873. The quantitative estimate of drug-likeness (QED) is 0.335. The van der Waals surface area contributed by atoms with Gasteiger partial charge in [-0.1, -0.05) is 34.1 Å². The van der Waals surface area contributed by atoms with Crippen LogP contribution in [0.15, 0.2) is 0 Å². The zero-order valence-electron chi connectivity index (χ0n) is 19.1. The van der Waals surface area contributed by atoms with Crippen molar-refractivity contribution in [3.63, 3.8) is 0 Å². The molecule has 29 heavy (non-hydrogen) atoms. The predicted octanol–water partition coefficient (Wildman–Crippen LogP) is 1.79. The van der Waals surface area contributed by atoms with E-state index in [1.165, 1.54) is 6.92 Å². The normalized spacial score (nSPS) is 28.4. The van der Waals surface area contributed by atoms with Gasteiger partial charge in [0.25, 0.3) is 0 Å². The Bertz CT molecular complexity index is 498. The minimum atomic E-state index is -2.05. The van der Waals surface area contributed by atoms with Crippen LogP contribution in [0.25, 0.3) is 0 Å². The summed E-state index contributed by atoms with van der Waals surface area (Å²) in [7, 11) is -2.05. The van der Waals surface area contributed by atoms with E-state index in [0.29, 0.717) is 13.2 Å². The van der Waals surface area contributed by atoms with Crippen molar-refractivity contribution in [3.05, 3.63) is 0 Å². The zero-order chi connectivity index (χ0) is 22.2. The molecule has 1 rings (SSSR count). The molecule has 1 heterocycles.